The summed E-state index contributed by atoms with van der Waals surface area (Å²) in [6, 6.07) is 6.07. The number of piperazine rings is 1. The molecule has 0 radical (unpaired) electrons. The van der Waals surface area contributed by atoms with E-state index in [2.05, 4.69) is 16.3 Å². The highest BCUT2D eigenvalue weighted by Gasteiger charge is 2.32. The lowest BCUT2D eigenvalue weighted by atomic mass is 9.80. The lowest BCUT2D eigenvalue weighted by molar-refractivity contribution is 0.101. The Morgan fingerprint density at radius 2 is 1.82 bits per heavy atom. The lowest BCUT2D eigenvalue weighted by Crippen LogP contribution is -2.47. The summed E-state index contributed by atoms with van der Waals surface area (Å²) in [7, 11) is 0. The molecular weight excluding hydrogens is 299 g/mol. The first-order chi connectivity index (χ1) is 10.3. The van der Waals surface area contributed by atoms with Crippen molar-refractivity contribution in [1.29, 1.82) is 0 Å². The summed E-state index contributed by atoms with van der Waals surface area (Å²) in [5.41, 5.74) is 1.94. The van der Waals surface area contributed by atoms with E-state index in [-0.39, 0.29) is 24.3 Å². The number of rotatable bonds is 3. The van der Waals surface area contributed by atoms with Crippen molar-refractivity contribution in [2.75, 3.05) is 26.2 Å². The highest BCUT2D eigenvalue weighted by atomic mass is 35.5. The third-order valence-corrected chi connectivity index (χ3v) is 5.12. The SMILES string of the molecule is Cc1ccc([C@@H](C2CCCCC2)N2CCNCC2)c(F)c1.Cl. The van der Waals surface area contributed by atoms with E-state index in [4.69, 9.17) is 0 Å². The van der Waals surface area contributed by atoms with Crippen molar-refractivity contribution in [3.63, 3.8) is 0 Å². The van der Waals surface area contributed by atoms with E-state index in [1.807, 2.05) is 13.0 Å². The molecule has 2 fully saturated rings. The van der Waals surface area contributed by atoms with Crippen LogP contribution in [0.4, 0.5) is 4.39 Å². The van der Waals surface area contributed by atoms with Gasteiger partial charge in [0.05, 0.1) is 0 Å². The maximum absolute atomic E-state index is 14.6. The Labute approximate surface area is 139 Å². The molecular formula is C18H28ClFN2. The lowest BCUT2D eigenvalue weighted by Gasteiger charge is -2.41. The predicted octanol–water partition coefficient (Wildman–Crippen LogP) is 4.08. The van der Waals surface area contributed by atoms with Gasteiger partial charge in [-0.3, -0.25) is 4.90 Å². The van der Waals surface area contributed by atoms with E-state index in [0.717, 1.165) is 37.3 Å². The van der Waals surface area contributed by atoms with Crippen LogP contribution in [0, 0.1) is 18.7 Å². The molecule has 0 aromatic heterocycles. The molecule has 1 saturated heterocycles. The van der Waals surface area contributed by atoms with Crippen molar-refractivity contribution in [3.05, 3.63) is 35.1 Å². The summed E-state index contributed by atoms with van der Waals surface area (Å²) in [4.78, 5) is 2.51. The predicted molar refractivity (Wildman–Crippen MR) is 92.1 cm³/mol. The Morgan fingerprint density at radius 1 is 1.14 bits per heavy atom. The van der Waals surface area contributed by atoms with Crippen LogP contribution < -0.4 is 5.32 Å². The second-order valence-corrected chi connectivity index (χ2v) is 6.65. The van der Waals surface area contributed by atoms with Gasteiger partial charge in [0, 0.05) is 37.8 Å². The van der Waals surface area contributed by atoms with Gasteiger partial charge in [-0.2, -0.15) is 0 Å². The van der Waals surface area contributed by atoms with E-state index in [1.54, 1.807) is 6.07 Å². The molecule has 1 heterocycles. The number of hydrogen-bond acceptors (Lipinski definition) is 2. The highest BCUT2D eigenvalue weighted by molar-refractivity contribution is 5.85. The van der Waals surface area contributed by atoms with Crippen molar-refractivity contribution in [2.45, 2.75) is 45.1 Å². The van der Waals surface area contributed by atoms with Crippen molar-refractivity contribution < 1.29 is 4.39 Å². The second kappa shape index (κ2) is 8.28. The summed E-state index contributed by atoms with van der Waals surface area (Å²) in [6.07, 6.45) is 6.46. The fraction of sp³-hybridized carbons (Fsp3) is 0.667. The molecule has 1 N–H and O–H groups in total. The highest BCUT2D eigenvalue weighted by Crippen LogP contribution is 2.39. The smallest absolute Gasteiger partial charge is 0.128 e. The first-order valence-electron chi connectivity index (χ1n) is 8.46. The Bertz CT molecular complexity index is 450. The van der Waals surface area contributed by atoms with Crippen molar-refractivity contribution in [2.24, 2.45) is 5.92 Å². The summed E-state index contributed by atoms with van der Waals surface area (Å²) in [6.45, 7) is 6.09. The van der Waals surface area contributed by atoms with E-state index < -0.39 is 0 Å². The maximum atomic E-state index is 14.6. The van der Waals surface area contributed by atoms with Crippen LogP contribution in [0.5, 0.6) is 0 Å². The molecule has 1 aliphatic carbocycles. The average Bonchev–Trinajstić information content (AvgIpc) is 2.52. The van der Waals surface area contributed by atoms with Gasteiger partial charge in [-0.1, -0.05) is 31.4 Å². The van der Waals surface area contributed by atoms with Crippen LogP contribution in [0.3, 0.4) is 0 Å². The van der Waals surface area contributed by atoms with E-state index in [9.17, 15) is 4.39 Å². The standard InChI is InChI=1S/C18H27FN2.ClH/c1-14-7-8-16(17(19)13-14)18(15-5-3-2-4-6-15)21-11-9-20-10-12-21;/h7-8,13,15,18,20H,2-6,9-12H2,1H3;1H/t18-;/m1./s1. The van der Waals surface area contributed by atoms with E-state index >= 15 is 0 Å². The zero-order chi connectivity index (χ0) is 14.7. The normalized spacial score (nSPS) is 22.1. The summed E-state index contributed by atoms with van der Waals surface area (Å²) in [5, 5.41) is 3.41. The van der Waals surface area contributed by atoms with Gasteiger partial charge >= 0.3 is 0 Å². The molecule has 1 saturated carbocycles. The Kier molecular flexibility index (Phi) is 6.66. The van der Waals surface area contributed by atoms with Crippen molar-refractivity contribution >= 4 is 12.4 Å². The average molecular weight is 327 g/mol. The fourth-order valence-electron chi connectivity index (χ4n) is 4.03. The minimum absolute atomic E-state index is 0. The van der Waals surface area contributed by atoms with Crippen LogP contribution in [-0.4, -0.2) is 31.1 Å². The molecule has 124 valence electrons. The number of nitrogens with one attached hydrogen (secondary N) is 1. The van der Waals surface area contributed by atoms with Crippen LogP contribution in [0.2, 0.25) is 0 Å². The molecule has 2 aliphatic rings. The molecule has 2 nitrogen and oxygen atoms in total. The Morgan fingerprint density at radius 3 is 2.45 bits per heavy atom. The molecule has 1 aliphatic heterocycles. The number of nitrogens with zero attached hydrogens (tertiary/aromatic N) is 1. The van der Waals surface area contributed by atoms with Gasteiger partial charge in [0.15, 0.2) is 0 Å². The minimum atomic E-state index is -0.0101. The van der Waals surface area contributed by atoms with Crippen molar-refractivity contribution in [1.82, 2.24) is 10.2 Å². The number of benzene rings is 1. The topological polar surface area (TPSA) is 15.3 Å². The third kappa shape index (κ3) is 4.01. The van der Waals surface area contributed by atoms with Crippen LogP contribution in [0.25, 0.3) is 0 Å². The molecule has 1 aromatic carbocycles. The monoisotopic (exact) mass is 326 g/mol. The van der Waals surface area contributed by atoms with Crippen LogP contribution in [0.15, 0.2) is 18.2 Å². The minimum Gasteiger partial charge on any atom is -0.314 e. The largest absolute Gasteiger partial charge is 0.314 e. The first kappa shape index (κ1) is 17.7. The Balaban J connectivity index is 0.00000176. The van der Waals surface area contributed by atoms with Crippen LogP contribution in [0.1, 0.15) is 49.3 Å². The van der Waals surface area contributed by atoms with Gasteiger partial charge in [0.1, 0.15) is 5.82 Å². The van der Waals surface area contributed by atoms with E-state index in [0.29, 0.717) is 5.92 Å². The van der Waals surface area contributed by atoms with Gasteiger partial charge in [0.2, 0.25) is 0 Å². The molecule has 22 heavy (non-hydrogen) atoms. The maximum Gasteiger partial charge on any atom is 0.128 e. The van der Waals surface area contributed by atoms with Gasteiger partial charge in [-0.25, -0.2) is 4.39 Å². The van der Waals surface area contributed by atoms with Gasteiger partial charge in [0.25, 0.3) is 0 Å². The molecule has 1 atom stereocenters. The fourth-order valence-corrected chi connectivity index (χ4v) is 4.03. The van der Waals surface area contributed by atoms with Gasteiger partial charge < -0.3 is 5.32 Å². The molecule has 0 amide bonds. The van der Waals surface area contributed by atoms with Crippen molar-refractivity contribution in [3.8, 4) is 0 Å². The van der Waals surface area contributed by atoms with Gasteiger partial charge in [-0.05, 0) is 37.3 Å². The molecule has 1 aromatic rings. The third-order valence-electron chi connectivity index (χ3n) is 5.12. The van der Waals surface area contributed by atoms with Crippen LogP contribution >= 0.6 is 12.4 Å². The molecule has 0 unspecified atom stereocenters. The second-order valence-electron chi connectivity index (χ2n) is 6.65. The summed E-state index contributed by atoms with van der Waals surface area (Å²) in [5.74, 6) is 0.609. The summed E-state index contributed by atoms with van der Waals surface area (Å²) < 4.78 is 14.6. The zero-order valence-electron chi connectivity index (χ0n) is 13.5. The number of hydrogen-bond donors (Lipinski definition) is 1. The quantitative estimate of drug-likeness (QED) is 0.900. The first-order valence-corrected chi connectivity index (χ1v) is 8.46. The summed E-state index contributed by atoms with van der Waals surface area (Å²) >= 11 is 0. The molecule has 4 heteroatoms. The molecule has 3 rings (SSSR count). The molecule has 0 spiro atoms. The van der Waals surface area contributed by atoms with Gasteiger partial charge in [-0.15, -0.1) is 12.4 Å². The Hall–Kier alpha value is -0.640. The number of aryl methyl sites for hydroxylation is 1. The zero-order valence-corrected chi connectivity index (χ0v) is 14.3. The molecule has 0 bridgehead atoms. The van der Waals surface area contributed by atoms with Crippen LogP contribution in [-0.2, 0) is 0 Å². The number of halogens is 2. The van der Waals surface area contributed by atoms with E-state index in [1.165, 1.54) is 32.1 Å².